The molecule has 0 fully saturated rings. The van der Waals surface area contributed by atoms with Gasteiger partial charge in [0.1, 0.15) is 0 Å². The van der Waals surface area contributed by atoms with Gasteiger partial charge in [0, 0.05) is 11.3 Å². The van der Waals surface area contributed by atoms with Gasteiger partial charge in [0.05, 0.1) is 27.1 Å². The Balaban J connectivity index is 1.67. The smallest absolute Gasteiger partial charge is 0.248 e. The van der Waals surface area contributed by atoms with Crippen LogP contribution < -0.4 is 14.2 Å². The zero-order valence-corrected chi connectivity index (χ0v) is 19.1. The summed E-state index contributed by atoms with van der Waals surface area (Å²) in [6.07, 6.45) is 2.36. The highest BCUT2D eigenvalue weighted by atomic mass is 32.2. The maximum atomic E-state index is 5.81. The van der Waals surface area contributed by atoms with Crippen molar-refractivity contribution in [3.05, 3.63) is 18.0 Å². The number of unbranched alkanes of at least 4 members (excludes halogenated alkanes) is 1. The zero-order valence-electron chi connectivity index (χ0n) is 16.6. The summed E-state index contributed by atoms with van der Waals surface area (Å²) in [6, 6.07) is 3.55. The van der Waals surface area contributed by atoms with Gasteiger partial charge in [-0.2, -0.15) is 0 Å². The number of nitrogens with zero attached hydrogens (tertiary/aromatic N) is 4. The first-order valence-electron chi connectivity index (χ1n) is 8.90. The van der Waals surface area contributed by atoms with Gasteiger partial charge >= 0.3 is 0 Å². The fourth-order valence-corrected chi connectivity index (χ4v) is 5.39. The lowest BCUT2D eigenvalue weighted by atomic mass is 10.2. The number of benzene rings is 1. The van der Waals surface area contributed by atoms with Gasteiger partial charge in [-0.05, 0) is 18.6 Å². The molecule has 0 aliphatic heterocycles. The summed E-state index contributed by atoms with van der Waals surface area (Å²) < 4.78 is 23.8. The second-order valence-corrected chi connectivity index (χ2v) is 9.28. The maximum Gasteiger partial charge on any atom is 0.248 e. The molecule has 156 valence electrons. The van der Waals surface area contributed by atoms with Gasteiger partial charge < -0.3 is 18.6 Å². The van der Waals surface area contributed by atoms with Crippen LogP contribution in [0.2, 0.25) is 0 Å². The standard InChI is InChI=1S/C18H22N4O4S3/c1-5-6-7-27-17-21-22-18(29-17)28-10-14-19-20-16(26-14)11-8-12(23-2)15(25-4)13(9-11)24-3/h8-9H,5-7,10H2,1-4H3. The van der Waals surface area contributed by atoms with Crippen molar-refractivity contribution in [3.8, 4) is 28.7 Å². The monoisotopic (exact) mass is 454 g/mol. The van der Waals surface area contributed by atoms with E-state index in [0.717, 1.165) is 14.4 Å². The van der Waals surface area contributed by atoms with E-state index >= 15 is 0 Å². The van der Waals surface area contributed by atoms with Crippen LogP contribution in [0.25, 0.3) is 11.5 Å². The van der Waals surface area contributed by atoms with Crippen LogP contribution in [-0.4, -0.2) is 47.5 Å². The SMILES string of the molecule is CCCCSc1nnc(SCc2nnc(-c3cc(OC)c(OC)c(OC)c3)o2)s1. The van der Waals surface area contributed by atoms with Crippen molar-refractivity contribution in [3.63, 3.8) is 0 Å². The third-order valence-corrected chi connectivity index (χ3v) is 7.07. The van der Waals surface area contributed by atoms with Gasteiger partial charge in [-0.15, -0.1) is 20.4 Å². The van der Waals surface area contributed by atoms with Crippen LogP contribution in [-0.2, 0) is 5.75 Å². The summed E-state index contributed by atoms with van der Waals surface area (Å²) in [5.41, 5.74) is 0.689. The van der Waals surface area contributed by atoms with E-state index in [2.05, 4.69) is 27.3 Å². The van der Waals surface area contributed by atoms with E-state index < -0.39 is 0 Å². The largest absolute Gasteiger partial charge is 0.493 e. The Morgan fingerprint density at radius 1 is 0.931 bits per heavy atom. The minimum atomic E-state index is 0.382. The van der Waals surface area contributed by atoms with E-state index in [1.54, 1.807) is 56.6 Å². The second kappa shape index (κ2) is 10.7. The zero-order chi connectivity index (χ0) is 20.6. The van der Waals surface area contributed by atoms with Gasteiger partial charge in [-0.1, -0.05) is 48.2 Å². The number of aromatic nitrogens is 4. The molecule has 11 heteroatoms. The molecule has 0 spiro atoms. The lowest BCUT2D eigenvalue weighted by Crippen LogP contribution is -1.95. The molecule has 0 N–H and O–H groups in total. The van der Waals surface area contributed by atoms with Crippen molar-refractivity contribution in [2.75, 3.05) is 27.1 Å². The van der Waals surface area contributed by atoms with E-state index in [-0.39, 0.29) is 0 Å². The fourth-order valence-electron chi connectivity index (χ4n) is 2.37. The first kappa shape index (κ1) is 21.7. The predicted molar refractivity (Wildman–Crippen MR) is 114 cm³/mol. The van der Waals surface area contributed by atoms with Gasteiger partial charge in [0.15, 0.2) is 20.2 Å². The minimum absolute atomic E-state index is 0.382. The summed E-state index contributed by atoms with van der Waals surface area (Å²) in [4.78, 5) is 0. The molecule has 0 amide bonds. The number of hydrogen-bond acceptors (Lipinski definition) is 11. The average Bonchev–Trinajstić information content (AvgIpc) is 3.40. The van der Waals surface area contributed by atoms with E-state index in [4.69, 9.17) is 18.6 Å². The first-order valence-corrected chi connectivity index (χ1v) is 11.7. The third-order valence-electron chi connectivity index (χ3n) is 3.81. The molecule has 3 aromatic rings. The quantitative estimate of drug-likeness (QED) is 0.297. The first-order chi connectivity index (χ1) is 14.2. The van der Waals surface area contributed by atoms with Gasteiger partial charge in [0.25, 0.3) is 0 Å². The minimum Gasteiger partial charge on any atom is -0.493 e. The van der Waals surface area contributed by atoms with Gasteiger partial charge in [-0.3, -0.25) is 0 Å². The van der Waals surface area contributed by atoms with Gasteiger partial charge in [0.2, 0.25) is 17.5 Å². The molecular formula is C18H22N4O4S3. The van der Waals surface area contributed by atoms with Crippen LogP contribution in [0.1, 0.15) is 25.7 Å². The summed E-state index contributed by atoms with van der Waals surface area (Å²) in [7, 11) is 4.69. The molecule has 0 unspecified atom stereocenters. The lowest BCUT2D eigenvalue weighted by Gasteiger charge is -2.12. The summed E-state index contributed by atoms with van der Waals surface area (Å²) in [6.45, 7) is 2.18. The Morgan fingerprint density at radius 3 is 2.24 bits per heavy atom. The van der Waals surface area contributed by atoms with Crippen LogP contribution in [0.15, 0.2) is 25.2 Å². The third kappa shape index (κ3) is 5.55. The molecule has 0 saturated carbocycles. The second-order valence-electron chi connectivity index (χ2n) is 5.74. The summed E-state index contributed by atoms with van der Waals surface area (Å²) in [5.74, 6) is 4.04. The molecular weight excluding hydrogens is 432 g/mol. The van der Waals surface area contributed by atoms with E-state index in [1.807, 2.05) is 0 Å². The molecule has 0 bridgehead atoms. The molecule has 8 nitrogen and oxygen atoms in total. The Morgan fingerprint density at radius 2 is 1.62 bits per heavy atom. The van der Waals surface area contributed by atoms with E-state index in [9.17, 15) is 0 Å². The Bertz CT molecular complexity index is 906. The van der Waals surface area contributed by atoms with Crippen LogP contribution in [0.5, 0.6) is 17.2 Å². The molecule has 2 heterocycles. The molecule has 0 aliphatic rings. The molecule has 0 radical (unpaired) electrons. The van der Waals surface area contributed by atoms with Crippen molar-refractivity contribution in [2.45, 2.75) is 34.2 Å². The molecule has 0 atom stereocenters. The highest BCUT2D eigenvalue weighted by Gasteiger charge is 2.18. The van der Waals surface area contributed by atoms with E-state index in [0.29, 0.717) is 40.3 Å². The normalized spacial score (nSPS) is 10.9. The van der Waals surface area contributed by atoms with Crippen LogP contribution in [0.4, 0.5) is 0 Å². The highest BCUT2D eigenvalue weighted by Crippen LogP contribution is 2.41. The Kier molecular flexibility index (Phi) is 8.01. The molecule has 29 heavy (non-hydrogen) atoms. The molecule has 3 rings (SSSR count). The van der Waals surface area contributed by atoms with Crippen molar-refractivity contribution < 1.29 is 18.6 Å². The van der Waals surface area contributed by atoms with Crippen molar-refractivity contribution in [2.24, 2.45) is 0 Å². The fraction of sp³-hybridized carbons (Fsp3) is 0.444. The van der Waals surface area contributed by atoms with Crippen molar-refractivity contribution in [1.82, 2.24) is 20.4 Å². The van der Waals surface area contributed by atoms with Crippen LogP contribution in [0.3, 0.4) is 0 Å². The van der Waals surface area contributed by atoms with Crippen LogP contribution in [0, 0.1) is 0 Å². The molecule has 0 saturated heterocycles. The number of rotatable bonds is 11. The predicted octanol–water partition coefficient (Wildman–Crippen LogP) is 4.80. The topological polar surface area (TPSA) is 92.4 Å². The van der Waals surface area contributed by atoms with Gasteiger partial charge in [-0.25, -0.2) is 0 Å². The maximum absolute atomic E-state index is 5.81. The van der Waals surface area contributed by atoms with Crippen molar-refractivity contribution >= 4 is 34.9 Å². The Labute approximate surface area is 181 Å². The average molecular weight is 455 g/mol. The molecule has 2 aromatic heterocycles. The highest BCUT2D eigenvalue weighted by molar-refractivity contribution is 8.02. The lowest BCUT2D eigenvalue weighted by molar-refractivity contribution is 0.324. The number of ether oxygens (including phenoxy) is 3. The van der Waals surface area contributed by atoms with Crippen LogP contribution >= 0.6 is 34.9 Å². The summed E-state index contributed by atoms with van der Waals surface area (Å²) in [5, 5.41) is 16.7. The van der Waals surface area contributed by atoms with E-state index in [1.165, 1.54) is 24.6 Å². The summed E-state index contributed by atoms with van der Waals surface area (Å²) >= 11 is 4.86. The van der Waals surface area contributed by atoms with Crippen molar-refractivity contribution in [1.29, 1.82) is 0 Å². The number of thioether (sulfide) groups is 2. The number of methoxy groups -OCH3 is 3. The molecule has 0 aliphatic carbocycles. The Hall–Kier alpha value is -1.98. The molecule has 1 aromatic carbocycles. The number of hydrogen-bond donors (Lipinski definition) is 0.